The number of carbonyl (C=O) groups is 2. The van der Waals surface area contributed by atoms with Gasteiger partial charge in [0.2, 0.25) is 5.75 Å². The third-order valence-electron chi connectivity index (χ3n) is 6.68. The summed E-state index contributed by atoms with van der Waals surface area (Å²) in [6.07, 6.45) is 0. The number of Topliss-reactive ketones (excluding diaryl/α,β-unsaturated/α-hetero) is 1. The van der Waals surface area contributed by atoms with Gasteiger partial charge in [-0.2, -0.15) is 0 Å². The number of anilines is 1. The van der Waals surface area contributed by atoms with Gasteiger partial charge in [0.05, 0.1) is 56.9 Å². The maximum Gasteiger partial charge on any atom is 0.301 e. The van der Waals surface area contributed by atoms with Crippen molar-refractivity contribution in [2.45, 2.75) is 13.0 Å². The number of hydrogen-bond acceptors (Lipinski definition) is 10. The number of methoxy groups -OCH3 is 4. The first-order chi connectivity index (χ1) is 19.8. The van der Waals surface area contributed by atoms with Crippen LogP contribution in [0.2, 0.25) is 0 Å². The number of aliphatic hydroxyl groups is 1. The Kier molecular flexibility index (Phi) is 7.71. The van der Waals surface area contributed by atoms with Crippen molar-refractivity contribution in [3.63, 3.8) is 0 Å². The molecule has 3 aromatic carbocycles. The number of nitrogens with zero attached hydrogens (tertiary/aromatic N) is 2. The fourth-order valence-electron chi connectivity index (χ4n) is 4.76. The van der Waals surface area contributed by atoms with Crippen molar-refractivity contribution in [1.29, 1.82) is 0 Å². The molecule has 1 aromatic heterocycles. The van der Waals surface area contributed by atoms with Crippen molar-refractivity contribution >= 4 is 44.1 Å². The zero-order chi connectivity index (χ0) is 29.3. The highest BCUT2D eigenvalue weighted by Gasteiger charge is 2.48. The molecule has 10 nitrogen and oxygen atoms in total. The Morgan fingerprint density at radius 1 is 0.902 bits per heavy atom. The van der Waals surface area contributed by atoms with Crippen LogP contribution in [0.3, 0.4) is 0 Å². The largest absolute Gasteiger partial charge is 0.507 e. The third-order valence-corrected chi connectivity index (χ3v) is 7.69. The molecular formula is C30H28N2O8S. The first-order valence-corrected chi connectivity index (χ1v) is 13.5. The van der Waals surface area contributed by atoms with Crippen molar-refractivity contribution in [3.05, 3.63) is 71.3 Å². The van der Waals surface area contributed by atoms with E-state index in [-0.39, 0.29) is 16.5 Å². The van der Waals surface area contributed by atoms with E-state index in [1.165, 1.54) is 37.6 Å². The Morgan fingerprint density at radius 2 is 1.56 bits per heavy atom. The number of aliphatic hydroxyl groups excluding tert-OH is 1. The summed E-state index contributed by atoms with van der Waals surface area (Å²) in [7, 11) is 5.98. The molecule has 1 saturated heterocycles. The lowest BCUT2D eigenvalue weighted by atomic mass is 9.94. The van der Waals surface area contributed by atoms with E-state index in [1.807, 2.05) is 13.0 Å². The van der Waals surface area contributed by atoms with Gasteiger partial charge in [0, 0.05) is 5.56 Å². The highest BCUT2D eigenvalue weighted by atomic mass is 32.1. The summed E-state index contributed by atoms with van der Waals surface area (Å²) in [6.45, 7) is 2.34. The second-order valence-corrected chi connectivity index (χ2v) is 9.92. The summed E-state index contributed by atoms with van der Waals surface area (Å²) in [5.41, 5.74) is 1.31. The molecule has 0 unspecified atom stereocenters. The number of aromatic nitrogens is 1. The summed E-state index contributed by atoms with van der Waals surface area (Å²) >= 11 is 1.23. The first kappa shape index (κ1) is 27.8. The molecule has 4 aromatic rings. The normalized spacial score (nSPS) is 16.2. The zero-order valence-corrected chi connectivity index (χ0v) is 23.9. The van der Waals surface area contributed by atoms with Crippen LogP contribution in [0.25, 0.3) is 16.0 Å². The second-order valence-electron chi connectivity index (χ2n) is 8.92. The molecule has 11 heteroatoms. The molecule has 212 valence electrons. The van der Waals surface area contributed by atoms with Gasteiger partial charge in [-0.3, -0.25) is 14.5 Å². The number of benzene rings is 3. The van der Waals surface area contributed by atoms with Crippen molar-refractivity contribution in [3.8, 4) is 28.7 Å². The fraction of sp³-hybridized carbons (Fsp3) is 0.233. The highest BCUT2D eigenvalue weighted by molar-refractivity contribution is 7.22. The maximum absolute atomic E-state index is 13.7. The molecule has 1 N–H and O–H groups in total. The Morgan fingerprint density at radius 3 is 2.15 bits per heavy atom. The standard InChI is InChI=1S/C30H28N2O8S/c1-6-40-18-9-7-16(8-10-18)26(33)24-25(17-13-21(37-3)28(39-5)22(14-17)38-4)32(29(35)27(24)34)30-31-20-12-11-19(36-2)15-23(20)41-30/h7-15,25,33H,6H2,1-5H3/t25-/m0/s1. The van der Waals surface area contributed by atoms with Crippen LogP contribution in [0.1, 0.15) is 24.1 Å². The number of ether oxygens (including phenoxy) is 5. The van der Waals surface area contributed by atoms with E-state index < -0.39 is 17.7 Å². The van der Waals surface area contributed by atoms with Crippen LogP contribution in [0.4, 0.5) is 5.13 Å². The molecule has 1 fully saturated rings. The van der Waals surface area contributed by atoms with Crippen molar-refractivity contribution < 1.29 is 38.4 Å². The first-order valence-electron chi connectivity index (χ1n) is 12.6. The lowest BCUT2D eigenvalue weighted by Crippen LogP contribution is -2.29. The molecule has 0 saturated carbocycles. The molecule has 2 heterocycles. The van der Waals surface area contributed by atoms with Gasteiger partial charge >= 0.3 is 5.91 Å². The Balaban J connectivity index is 1.74. The van der Waals surface area contributed by atoms with Crippen LogP contribution < -0.4 is 28.6 Å². The van der Waals surface area contributed by atoms with E-state index in [2.05, 4.69) is 4.98 Å². The molecule has 0 aliphatic carbocycles. The lowest BCUT2D eigenvalue weighted by Gasteiger charge is -2.24. The summed E-state index contributed by atoms with van der Waals surface area (Å²) in [5, 5.41) is 11.8. The quantitative estimate of drug-likeness (QED) is 0.160. The van der Waals surface area contributed by atoms with E-state index in [0.717, 1.165) is 4.70 Å². The SMILES string of the molecule is CCOc1ccc(C(O)=C2C(=O)C(=O)N(c3nc4ccc(OC)cc4s3)[C@H]2c2cc(OC)c(OC)c(OC)c2)cc1. The molecule has 1 atom stereocenters. The van der Waals surface area contributed by atoms with E-state index in [1.54, 1.807) is 55.6 Å². The molecule has 5 rings (SSSR count). The second kappa shape index (κ2) is 11.4. The van der Waals surface area contributed by atoms with E-state index in [0.29, 0.717) is 52.0 Å². The molecule has 1 aliphatic rings. The van der Waals surface area contributed by atoms with Crippen LogP contribution in [-0.4, -0.2) is 56.8 Å². The van der Waals surface area contributed by atoms with Crippen molar-refractivity contribution in [2.24, 2.45) is 0 Å². The van der Waals surface area contributed by atoms with E-state index in [9.17, 15) is 14.7 Å². The molecule has 1 aliphatic heterocycles. The van der Waals surface area contributed by atoms with E-state index in [4.69, 9.17) is 23.7 Å². The van der Waals surface area contributed by atoms with Gasteiger partial charge in [0.1, 0.15) is 17.3 Å². The average Bonchev–Trinajstić information content (AvgIpc) is 3.53. The predicted octanol–water partition coefficient (Wildman–Crippen LogP) is 5.36. The summed E-state index contributed by atoms with van der Waals surface area (Å²) in [4.78, 5) is 33.3. The monoisotopic (exact) mass is 576 g/mol. The van der Waals surface area contributed by atoms with Crippen molar-refractivity contribution in [2.75, 3.05) is 39.9 Å². The fourth-order valence-corrected chi connectivity index (χ4v) is 5.78. The maximum atomic E-state index is 13.7. The van der Waals surface area contributed by atoms with E-state index >= 15 is 0 Å². The molecule has 1 amide bonds. The molecule has 41 heavy (non-hydrogen) atoms. The average molecular weight is 577 g/mol. The highest BCUT2D eigenvalue weighted by Crippen LogP contribution is 2.48. The summed E-state index contributed by atoms with van der Waals surface area (Å²) < 4.78 is 28.2. The van der Waals surface area contributed by atoms with Gasteiger partial charge in [-0.05, 0) is 67.1 Å². The Bertz CT molecular complexity index is 1640. The van der Waals surface area contributed by atoms with Crippen LogP contribution in [0, 0.1) is 0 Å². The minimum Gasteiger partial charge on any atom is -0.507 e. The number of rotatable bonds is 9. The Labute approximate surface area is 240 Å². The number of fused-ring (bicyclic) bond motifs is 1. The topological polar surface area (TPSA) is 117 Å². The predicted molar refractivity (Wildman–Crippen MR) is 155 cm³/mol. The molecule has 0 spiro atoms. The number of carbonyl (C=O) groups excluding carboxylic acids is 2. The van der Waals surface area contributed by atoms with Crippen LogP contribution in [0.5, 0.6) is 28.7 Å². The molecule has 0 bridgehead atoms. The Hall–Kier alpha value is -4.77. The number of amides is 1. The number of ketones is 1. The van der Waals surface area contributed by atoms with Gasteiger partial charge in [0.15, 0.2) is 16.6 Å². The smallest absolute Gasteiger partial charge is 0.301 e. The van der Waals surface area contributed by atoms with Gasteiger partial charge in [0.25, 0.3) is 5.78 Å². The van der Waals surface area contributed by atoms with Crippen LogP contribution in [-0.2, 0) is 9.59 Å². The number of thiazole rings is 1. The van der Waals surface area contributed by atoms with Gasteiger partial charge in [-0.15, -0.1) is 0 Å². The third kappa shape index (κ3) is 4.89. The van der Waals surface area contributed by atoms with Gasteiger partial charge in [-0.25, -0.2) is 4.98 Å². The van der Waals surface area contributed by atoms with Crippen LogP contribution >= 0.6 is 11.3 Å². The van der Waals surface area contributed by atoms with Gasteiger partial charge < -0.3 is 28.8 Å². The lowest BCUT2D eigenvalue weighted by molar-refractivity contribution is -0.132. The summed E-state index contributed by atoms with van der Waals surface area (Å²) in [5.74, 6) is 0.200. The zero-order valence-electron chi connectivity index (χ0n) is 23.1. The minimum absolute atomic E-state index is 0.106. The molecular weight excluding hydrogens is 548 g/mol. The minimum atomic E-state index is -1.06. The molecule has 0 radical (unpaired) electrons. The van der Waals surface area contributed by atoms with Crippen LogP contribution in [0.15, 0.2) is 60.2 Å². The number of hydrogen-bond donors (Lipinski definition) is 1. The van der Waals surface area contributed by atoms with Crippen molar-refractivity contribution in [1.82, 2.24) is 4.98 Å². The summed E-state index contributed by atoms with van der Waals surface area (Å²) in [6, 6.07) is 14.2. The van der Waals surface area contributed by atoms with Gasteiger partial charge in [-0.1, -0.05) is 11.3 Å².